The Kier molecular flexibility index (Phi) is 2.47. The van der Waals surface area contributed by atoms with Crippen LogP contribution < -0.4 is 10.7 Å². The highest BCUT2D eigenvalue weighted by atomic mass is 32.1. The normalized spacial score (nSPS) is 13.0. The summed E-state index contributed by atoms with van der Waals surface area (Å²) in [5.41, 5.74) is 5.35. The summed E-state index contributed by atoms with van der Waals surface area (Å²) in [6, 6.07) is 8.51. The number of fused-ring (bicyclic) bond motifs is 4. The number of hydrogen-bond donors (Lipinski definition) is 2. The third-order valence-electron chi connectivity index (χ3n) is 4.54. The molecule has 5 heteroatoms. The van der Waals surface area contributed by atoms with Gasteiger partial charge in [-0.05, 0) is 18.2 Å². The van der Waals surface area contributed by atoms with Crippen molar-refractivity contribution >= 4 is 60.6 Å². The predicted molar refractivity (Wildman–Crippen MR) is 98.7 cm³/mol. The van der Waals surface area contributed by atoms with Crippen LogP contribution >= 0.6 is 11.3 Å². The van der Waals surface area contributed by atoms with Gasteiger partial charge in [-0.1, -0.05) is 6.07 Å². The van der Waals surface area contributed by atoms with Gasteiger partial charge in [-0.25, -0.2) is 4.98 Å². The molecule has 0 spiro atoms. The van der Waals surface area contributed by atoms with E-state index in [0.29, 0.717) is 0 Å². The zero-order valence-corrected chi connectivity index (χ0v) is 13.6. The molecule has 0 radical (unpaired) electrons. The van der Waals surface area contributed by atoms with Gasteiger partial charge in [0.15, 0.2) is 0 Å². The Morgan fingerprint density at radius 2 is 1.96 bits per heavy atom. The van der Waals surface area contributed by atoms with Crippen molar-refractivity contribution in [3.05, 3.63) is 40.4 Å². The molecular formula is C18H14N4S. The van der Waals surface area contributed by atoms with E-state index in [2.05, 4.69) is 50.3 Å². The molecule has 0 unspecified atom stereocenters. The van der Waals surface area contributed by atoms with E-state index in [4.69, 9.17) is 4.98 Å². The fraction of sp³-hybridized carbons (Fsp3) is 0.111. The summed E-state index contributed by atoms with van der Waals surface area (Å²) in [7, 11) is 3.79. The molecule has 4 nitrogen and oxygen atoms in total. The Morgan fingerprint density at radius 1 is 1.09 bits per heavy atom. The highest BCUT2D eigenvalue weighted by Crippen LogP contribution is 2.38. The maximum absolute atomic E-state index is 4.89. The van der Waals surface area contributed by atoms with Crippen molar-refractivity contribution in [1.82, 2.24) is 9.97 Å². The van der Waals surface area contributed by atoms with Gasteiger partial charge in [-0.15, -0.1) is 11.3 Å². The second-order valence-corrected chi connectivity index (χ2v) is 6.39. The fourth-order valence-electron chi connectivity index (χ4n) is 3.51. The number of benzene rings is 2. The number of rotatable bonds is 1. The first-order valence-corrected chi connectivity index (χ1v) is 8.43. The molecule has 2 heterocycles. The van der Waals surface area contributed by atoms with E-state index in [1.54, 1.807) is 11.3 Å². The minimum Gasteiger partial charge on any atom is -0.388 e. The first-order chi connectivity index (χ1) is 11.3. The minimum atomic E-state index is 1.00. The quantitative estimate of drug-likeness (QED) is 0.489. The predicted octanol–water partition coefficient (Wildman–Crippen LogP) is 4.09. The number of aromatic nitrogens is 2. The van der Waals surface area contributed by atoms with Crippen LogP contribution in [0.15, 0.2) is 40.0 Å². The molecule has 0 amide bonds. The molecule has 112 valence electrons. The first-order valence-electron chi connectivity index (χ1n) is 7.49. The molecule has 3 aromatic carbocycles. The second-order valence-electron chi connectivity index (χ2n) is 5.65. The van der Waals surface area contributed by atoms with Crippen LogP contribution in [0.4, 0.5) is 5.69 Å². The van der Waals surface area contributed by atoms with Crippen molar-refractivity contribution in [2.24, 2.45) is 4.99 Å². The van der Waals surface area contributed by atoms with Crippen molar-refractivity contribution in [3.63, 3.8) is 0 Å². The number of anilines is 1. The molecule has 5 aromatic rings. The van der Waals surface area contributed by atoms with Crippen LogP contribution in [0.2, 0.25) is 0 Å². The molecule has 2 aromatic heterocycles. The van der Waals surface area contributed by atoms with Crippen molar-refractivity contribution < 1.29 is 0 Å². The average molecular weight is 318 g/mol. The Balaban J connectivity index is 2.15. The Morgan fingerprint density at radius 3 is 2.78 bits per heavy atom. The zero-order chi connectivity index (χ0) is 15.6. The molecule has 0 aliphatic carbocycles. The number of nitrogens with zero attached hydrogens (tertiary/aromatic N) is 2. The van der Waals surface area contributed by atoms with Crippen LogP contribution in [0.3, 0.4) is 0 Å². The van der Waals surface area contributed by atoms with Crippen molar-refractivity contribution in [1.29, 1.82) is 0 Å². The lowest BCUT2D eigenvalue weighted by Crippen LogP contribution is -2.04. The topological polar surface area (TPSA) is 53.1 Å². The van der Waals surface area contributed by atoms with Gasteiger partial charge in [0.2, 0.25) is 0 Å². The van der Waals surface area contributed by atoms with Gasteiger partial charge in [0, 0.05) is 52.1 Å². The number of nitrogens with one attached hydrogen (secondary N) is 2. The van der Waals surface area contributed by atoms with Crippen LogP contribution in [0, 0.1) is 0 Å². The SMILES string of the molecule is CN=c1ccc2c3nc4cscc4[nH]c3c3ccc(NC)c1c23. The Labute approximate surface area is 135 Å². The fourth-order valence-corrected chi connectivity index (χ4v) is 4.20. The summed E-state index contributed by atoms with van der Waals surface area (Å²) in [4.78, 5) is 12.9. The third kappa shape index (κ3) is 1.55. The number of aromatic amines is 1. The van der Waals surface area contributed by atoms with Crippen molar-refractivity contribution in [2.75, 3.05) is 19.4 Å². The van der Waals surface area contributed by atoms with Crippen molar-refractivity contribution in [2.45, 2.75) is 0 Å². The smallest absolute Gasteiger partial charge is 0.0979 e. The summed E-state index contributed by atoms with van der Waals surface area (Å²) in [6.07, 6.45) is 0. The standard InChI is InChI=1S/C18H14N4S/c1-19-11-5-3-9-15-10(4-6-12(20-2)16(11)15)18-17(9)21-13-7-23-8-14(13)22-18/h3-8,19,21H,1-2H3. The van der Waals surface area contributed by atoms with Gasteiger partial charge in [-0.2, -0.15) is 0 Å². The largest absolute Gasteiger partial charge is 0.388 e. The molecule has 0 atom stereocenters. The third-order valence-corrected chi connectivity index (χ3v) is 5.27. The van der Waals surface area contributed by atoms with Crippen molar-refractivity contribution in [3.8, 4) is 0 Å². The first kappa shape index (κ1) is 12.8. The Bertz CT molecular complexity index is 1210. The second kappa shape index (κ2) is 4.43. The molecule has 0 bridgehead atoms. The van der Waals surface area contributed by atoms with Gasteiger partial charge < -0.3 is 10.3 Å². The van der Waals surface area contributed by atoms with Crippen LogP contribution in [0.1, 0.15) is 0 Å². The van der Waals surface area contributed by atoms with E-state index in [1.807, 2.05) is 14.1 Å². The Hall–Kier alpha value is -2.66. The monoisotopic (exact) mass is 318 g/mol. The molecule has 0 saturated carbocycles. The van der Waals surface area contributed by atoms with Gasteiger partial charge in [0.25, 0.3) is 0 Å². The summed E-state index contributed by atoms with van der Waals surface area (Å²) in [5, 5.41) is 13.3. The van der Waals surface area contributed by atoms with Crippen LogP contribution in [-0.4, -0.2) is 24.1 Å². The minimum absolute atomic E-state index is 1.00. The summed E-state index contributed by atoms with van der Waals surface area (Å²) in [5.74, 6) is 0. The van der Waals surface area contributed by atoms with Gasteiger partial charge in [0.05, 0.1) is 27.4 Å². The van der Waals surface area contributed by atoms with Crippen LogP contribution in [0.25, 0.3) is 43.6 Å². The van der Waals surface area contributed by atoms with E-state index in [1.165, 1.54) is 21.5 Å². The summed E-state index contributed by atoms with van der Waals surface area (Å²) < 4.78 is 0. The highest BCUT2D eigenvalue weighted by Gasteiger charge is 2.17. The van der Waals surface area contributed by atoms with E-state index >= 15 is 0 Å². The van der Waals surface area contributed by atoms with Crippen LogP contribution in [0.5, 0.6) is 0 Å². The van der Waals surface area contributed by atoms with E-state index < -0.39 is 0 Å². The van der Waals surface area contributed by atoms with Gasteiger partial charge in [-0.3, -0.25) is 4.99 Å². The molecule has 0 saturated heterocycles. The van der Waals surface area contributed by atoms with Crippen LogP contribution in [-0.2, 0) is 0 Å². The molecule has 0 fully saturated rings. The lowest BCUT2D eigenvalue weighted by molar-refractivity contribution is 1.30. The zero-order valence-electron chi connectivity index (χ0n) is 12.8. The average Bonchev–Trinajstić information content (AvgIpc) is 3.17. The van der Waals surface area contributed by atoms with Gasteiger partial charge in [0.1, 0.15) is 0 Å². The summed E-state index contributed by atoms with van der Waals surface area (Å²) in [6.45, 7) is 0. The number of H-pyrrole nitrogens is 1. The lowest BCUT2D eigenvalue weighted by atomic mass is 10.0. The molecule has 2 N–H and O–H groups in total. The lowest BCUT2D eigenvalue weighted by Gasteiger charge is -2.06. The van der Waals surface area contributed by atoms with E-state index in [0.717, 1.165) is 33.1 Å². The maximum atomic E-state index is 4.89. The summed E-state index contributed by atoms with van der Waals surface area (Å²) >= 11 is 1.67. The molecule has 5 rings (SSSR count). The maximum Gasteiger partial charge on any atom is 0.0979 e. The van der Waals surface area contributed by atoms with Gasteiger partial charge >= 0.3 is 0 Å². The van der Waals surface area contributed by atoms with E-state index in [-0.39, 0.29) is 0 Å². The molecule has 0 aliphatic heterocycles. The molecule has 0 aliphatic rings. The molecular weight excluding hydrogens is 304 g/mol. The van der Waals surface area contributed by atoms with E-state index in [9.17, 15) is 0 Å². The number of hydrogen-bond acceptors (Lipinski definition) is 4. The number of thiophene rings is 1. The molecule has 23 heavy (non-hydrogen) atoms. The highest BCUT2D eigenvalue weighted by molar-refractivity contribution is 7.09.